The first-order valence-electron chi connectivity index (χ1n) is 7.20. The molecule has 3 rings (SSSR count). The monoisotopic (exact) mass is 305 g/mol. The molecule has 2 aromatic heterocycles. The summed E-state index contributed by atoms with van der Waals surface area (Å²) in [4.78, 5) is 18.0. The summed E-state index contributed by atoms with van der Waals surface area (Å²) in [6.45, 7) is 7.22. The standard InChI is InChI=1S/C14H19N5O3/c1-9-4-13(22-17-9)7-21-8-14(20)18-5-12(6-18)19-11(3)15-10(2)16-19/h4,12H,5-8H2,1-3H3. The van der Waals surface area contributed by atoms with Crippen LogP contribution in [-0.4, -0.2) is 50.4 Å². The lowest BCUT2D eigenvalue weighted by Gasteiger charge is -2.39. The Morgan fingerprint density at radius 3 is 2.77 bits per heavy atom. The molecule has 1 aliphatic heterocycles. The van der Waals surface area contributed by atoms with Crippen molar-refractivity contribution in [3.05, 3.63) is 29.2 Å². The van der Waals surface area contributed by atoms with Crippen molar-refractivity contribution >= 4 is 5.91 Å². The van der Waals surface area contributed by atoms with Gasteiger partial charge in [0.2, 0.25) is 5.91 Å². The number of carbonyl (C=O) groups excluding carboxylic acids is 1. The van der Waals surface area contributed by atoms with Crippen molar-refractivity contribution in [2.45, 2.75) is 33.4 Å². The second kappa shape index (κ2) is 5.88. The molecule has 8 heteroatoms. The topological polar surface area (TPSA) is 86.3 Å². The summed E-state index contributed by atoms with van der Waals surface area (Å²) in [6, 6.07) is 2.00. The van der Waals surface area contributed by atoms with Crippen molar-refractivity contribution in [1.82, 2.24) is 24.8 Å². The number of carbonyl (C=O) groups is 1. The Balaban J connectivity index is 1.42. The molecular formula is C14H19N5O3. The van der Waals surface area contributed by atoms with Crippen LogP contribution in [0.25, 0.3) is 0 Å². The second-order valence-electron chi connectivity index (χ2n) is 5.53. The minimum Gasteiger partial charge on any atom is -0.364 e. The molecule has 118 valence electrons. The predicted molar refractivity (Wildman–Crippen MR) is 76.0 cm³/mol. The minimum absolute atomic E-state index is 0.0259. The molecule has 0 aromatic carbocycles. The van der Waals surface area contributed by atoms with Gasteiger partial charge < -0.3 is 14.2 Å². The average molecular weight is 305 g/mol. The van der Waals surface area contributed by atoms with Gasteiger partial charge in [0, 0.05) is 19.2 Å². The average Bonchev–Trinajstić information content (AvgIpc) is 2.94. The molecule has 2 aromatic rings. The van der Waals surface area contributed by atoms with E-state index in [0.717, 1.165) is 17.3 Å². The van der Waals surface area contributed by atoms with Crippen molar-refractivity contribution in [3.63, 3.8) is 0 Å². The van der Waals surface area contributed by atoms with E-state index in [0.29, 0.717) is 18.8 Å². The first-order valence-corrected chi connectivity index (χ1v) is 7.20. The largest absolute Gasteiger partial charge is 0.364 e. The van der Waals surface area contributed by atoms with E-state index in [1.807, 2.05) is 25.5 Å². The van der Waals surface area contributed by atoms with Gasteiger partial charge in [0.05, 0.1) is 11.7 Å². The Bertz CT molecular complexity index is 672. The van der Waals surface area contributed by atoms with E-state index in [-0.39, 0.29) is 25.2 Å². The number of likely N-dealkylation sites (tertiary alicyclic amines) is 1. The number of aryl methyl sites for hydroxylation is 3. The molecule has 0 aliphatic carbocycles. The SMILES string of the molecule is Cc1cc(COCC(=O)N2CC(n3nc(C)nc3C)C2)on1. The summed E-state index contributed by atoms with van der Waals surface area (Å²) in [6.07, 6.45) is 0. The molecule has 8 nitrogen and oxygen atoms in total. The Morgan fingerprint density at radius 1 is 1.41 bits per heavy atom. The number of aromatic nitrogens is 4. The van der Waals surface area contributed by atoms with Gasteiger partial charge in [0.25, 0.3) is 0 Å². The maximum Gasteiger partial charge on any atom is 0.248 e. The van der Waals surface area contributed by atoms with Gasteiger partial charge in [-0.15, -0.1) is 0 Å². The van der Waals surface area contributed by atoms with Crippen LogP contribution in [0.1, 0.15) is 29.1 Å². The summed E-state index contributed by atoms with van der Waals surface area (Å²) in [7, 11) is 0. The van der Waals surface area contributed by atoms with Gasteiger partial charge in [-0.2, -0.15) is 5.10 Å². The fourth-order valence-corrected chi connectivity index (χ4v) is 2.51. The molecule has 0 radical (unpaired) electrons. The van der Waals surface area contributed by atoms with Crippen LogP contribution in [0.5, 0.6) is 0 Å². The summed E-state index contributed by atoms with van der Waals surface area (Å²) in [5.41, 5.74) is 0.800. The lowest BCUT2D eigenvalue weighted by atomic mass is 10.1. The lowest BCUT2D eigenvalue weighted by molar-refractivity contribution is -0.142. The predicted octanol–water partition coefficient (Wildman–Crippen LogP) is 0.791. The first kappa shape index (κ1) is 14.7. The molecule has 0 spiro atoms. The van der Waals surface area contributed by atoms with Gasteiger partial charge in [-0.05, 0) is 20.8 Å². The Labute approximate surface area is 128 Å². The van der Waals surface area contributed by atoms with Gasteiger partial charge in [-0.1, -0.05) is 5.16 Å². The highest BCUT2D eigenvalue weighted by Crippen LogP contribution is 2.21. The van der Waals surface area contributed by atoms with E-state index in [1.165, 1.54) is 0 Å². The van der Waals surface area contributed by atoms with Crippen LogP contribution >= 0.6 is 0 Å². The quantitative estimate of drug-likeness (QED) is 0.812. The molecule has 1 saturated heterocycles. The lowest BCUT2D eigenvalue weighted by Crippen LogP contribution is -2.52. The summed E-state index contributed by atoms with van der Waals surface area (Å²) in [5, 5.41) is 8.11. The van der Waals surface area contributed by atoms with Crippen molar-refractivity contribution in [3.8, 4) is 0 Å². The van der Waals surface area contributed by atoms with Crippen molar-refractivity contribution in [2.24, 2.45) is 0 Å². The minimum atomic E-state index is -0.0259. The summed E-state index contributed by atoms with van der Waals surface area (Å²) < 4.78 is 12.3. The van der Waals surface area contributed by atoms with Crippen molar-refractivity contribution < 1.29 is 14.1 Å². The molecule has 22 heavy (non-hydrogen) atoms. The molecule has 1 amide bonds. The number of hydrogen-bond acceptors (Lipinski definition) is 6. The molecular weight excluding hydrogens is 286 g/mol. The zero-order chi connectivity index (χ0) is 15.7. The molecule has 1 aliphatic rings. The highest BCUT2D eigenvalue weighted by Gasteiger charge is 2.33. The fraction of sp³-hybridized carbons (Fsp3) is 0.571. The van der Waals surface area contributed by atoms with Gasteiger partial charge in [-0.25, -0.2) is 9.67 Å². The van der Waals surface area contributed by atoms with Gasteiger partial charge in [0.1, 0.15) is 24.9 Å². The van der Waals surface area contributed by atoms with Crippen LogP contribution in [0.4, 0.5) is 0 Å². The van der Waals surface area contributed by atoms with Crippen molar-refractivity contribution in [1.29, 1.82) is 0 Å². The third-order valence-corrected chi connectivity index (χ3v) is 3.62. The van der Waals surface area contributed by atoms with E-state index in [4.69, 9.17) is 9.26 Å². The van der Waals surface area contributed by atoms with Gasteiger partial charge in [0.15, 0.2) is 5.76 Å². The Kier molecular flexibility index (Phi) is 3.93. The molecule has 0 unspecified atom stereocenters. The van der Waals surface area contributed by atoms with Crippen LogP contribution in [0, 0.1) is 20.8 Å². The number of rotatable bonds is 5. The third-order valence-electron chi connectivity index (χ3n) is 3.62. The number of hydrogen-bond donors (Lipinski definition) is 0. The molecule has 0 saturated carbocycles. The molecule has 0 N–H and O–H groups in total. The second-order valence-corrected chi connectivity index (χ2v) is 5.53. The summed E-state index contributed by atoms with van der Waals surface area (Å²) in [5.74, 6) is 2.24. The normalized spacial score (nSPS) is 15.1. The highest BCUT2D eigenvalue weighted by molar-refractivity contribution is 5.78. The zero-order valence-electron chi connectivity index (χ0n) is 12.9. The van der Waals surface area contributed by atoms with Crippen LogP contribution in [0.15, 0.2) is 10.6 Å². The number of ether oxygens (including phenoxy) is 1. The first-order chi connectivity index (χ1) is 10.5. The summed E-state index contributed by atoms with van der Waals surface area (Å²) >= 11 is 0. The van der Waals surface area contributed by atoms with Gasteiger partial charge in [-0.3, -0.25) is 4.79 Å². The number of amides is 1. The Hall–Kier alpha value is -2.22. The Morgan fingerprint density at radius 2 is 2.18 bits per heavy atom. The fourth-order valence-electron chi connectivity index (χ4n) is 2.51. The van der Waals surface area contributed by atoms with Crippen LogP contribution in [0.3, 0.4) is 0 Å². The van der Waals surface area contributed by atoms with E-state index in [1.54, 1.807) is 11.0 Å². The van der Waals surface area contributed by atoms with Crippen LogP contribution in [0.2, 0.25) is 0 Å². The maximum atomic E-state index is 12.0. The van der Waals surface area contributed by atoms with E-state index in [9.17, 15) is 4.79 Å². The van der Waals surface area contributed by atoms with E-state index >= 15 is 0 Å². The maximum absolute atomic E-state index is 12.0. The van der Waals surface area contributed by atoms with Crippen molar-refractivity contribution in [2.75, 3.05) is 19.7 Å². The molecule has 0 atom stereocenters. The van der Waals surface area contributed by atoms with E-state index in [2.05, 4.69) is 15.2 Å². The van der Waals surface area contributed by atoms with Crippen LogP contribution in [-0.2, 0) is 16.1 Å². The highest BCUT2D eigenvalue weighted by atomic mass is 16.5. The number of nitrogens with zero attached hydrogens (tertiary/aromatic N) is 5. The third kappa shape index (κ3) is 3.01. The molecule has 3 heterocycles. The van der Waals surface area contributed by atoms with Gasteiger partial charge >= 0.3 is 0 Å². The zero-order valence-corrected chi connectivity index (χ0v) is 12.9. The molecule has 0 bridgehead atoms. The van der Waals surface area contributed by atoms with E-state index < -0.39 is 0 Å². The van der Waals surface area contributed by atoms with Crippen LogP contribution < -0.4 is 0 Å². The smallest absolute Gasteiger partial charge is 0.248 e. The molecule has 1 fully saturated rings.